The third kappa shape index (κ3) is 3.09. The summed E-state index contributed by atoms with van der Waals surface area (Å²) in [5, 5.41) is 0. The lowest BCUT2D eigenvalue weighted by Gasteiger charge is -2.33. The largest absolute Gasteiger partial charge is 0.473 e. The predicted octanol–water partition coefficient (Wildman–Crippen LogP) is 1.78. The summed E-state index contributed by atoms with van der Waals surface area (Å²) in [7, 11) is -3.57. The van der Waals surface area contributed by atoms with Crippen molar-refractivity contribution in [1.82, 2.24) is 14.9 Å². The molecule has 0 saturated carbocycles. The van der Waals surface area contributed by atoms with Crippen LogP contribution in [0.15, 0.2) is 46.0 Å². The second-order valence-electron chi connectivity index (χ2n) is 6.19. The van der Waals surface area contributed by atoms with Crippen molar-refractivity contribution in [3.63, 3.8) is 0 Å². The van der Waals surface area contributed by atoms with Crippen LogP contribution in [0.1, 0.15) is 24.1 Å². The molecule has 4 rings (SSSR count). The van der Waals surface area contributed by atoms with Gasteiger partial charge in [-0.1, -0.05) is 12.1 Å². The monoisotopic (exact) mass is 358 g/mol. The summed E-state index contributed by atoms with van der Waals surface area (Å²) < 4.78 is 34.3. The molecule has 7 nitrogen and oxygen atoms in total. The SMILES string of the molecule is Cc1cncc(OC2CCN(C3=NS(=O)(=O)c4ccccc43)CC2)n1. The second-order valence-corrected chi connectivity index (χ2v) is 7.76. The van der Waals surface area contributed by atoms with E-state index in [4.69, 9.17) is 4.74 Å². The van der Waals surface area contributed by atoms with Crippen molar-refractivity contribution in [3.05, 3.63) is 47.9 Å². The van der Waals surface area contributed by atoms with E-state index in [1.54, 1.807) is 24.5 Å². The van der Waals surface area contributed by atoms with E-state index >= 15 is 0 Å². The number of aromatic nitrogens is 2. The number of fused-ring (bicyclic) bond motifs is 1. The molecular formula is C17H18N4O3S. The number of nitrogens with zero attached hydrogens (tertiary/aromatic N) is 4. The Morgan fingerprint density at radius 2 is 1.92 bits per heavy atom. The topological polar surface area (TPSA) is 84.8 Å². The van der Waals surface area contributed by atoms with E-state index in [2.05, 4.69) is 14.4 Å². The van der Waals surface area contributed by atoms with Gasteiger partial charge in [-0.05, 0) is 19.1 Å². The standard InChI is InChI=1S/C17H18N4O3S/c1-12-10-18-11-16(19-12)24-13-6-8-21(9-7-13)17-14-4-2-3-5-15(14)25(22,23)20-17/h2-5,10-11,13H,6-9H2,1H3. The molecule has 1 aromatic heterocycles. The maximum absolute atomic E-state index is 12.2. The van der Waals surface area contributed by atoms with E-state index in [1.807, 2.05) is 24.0 Å². The smallest absolute Gasteiger partial charge is 0.285 e. The van der Waals surface area contributed by atoms with Crippen LogP contribution in [-0.2, 0) is 10.0 Å². The summed E-state index contributed by atoms with van der Waals surface area (Å²) in [6.07, 6.45) is 4.89. The highest BCUT2D eigenvalue weighted by molar-refractivity contribution is 7.90. The van der Waals surface area contributed by atoms with Gasteiger partial charge in [-0.2, -0.15) is 8.42 Å². The van der Waals surface area contributed by atoms with Crippen LogP contribution in [0.3, 0.4) is 0 Å². The van der Waals surface area contributed by atoms with Crippen LogP contribution in [0.2, 0.25) is 0 Å². The number of rotatable bonds is 2. The van der Waals surface area contributed by atoms with Gasteiger partial charge < -0.3 is 9.64 Å². The maximum Gasteiger partial charge on any atom is 0.285 e. The van der Waals surface area contributed by atoms with Gasteiger partial charge in [0.25, 0.3) is 10.0 Å². The molecule has 25 heavy (non-hydrogen) atoms. The first-order valence-corrected chi connectivity index (χ1v) is 9.61. The minimum absolute atomic E-state index is 0.0428. The number of hydrogen-bond donors (Lipinski definition) is 0. The van der Waals surface area contributed by atoms with Crippen molar-refractivity contribution < 1.29 is 13.2 Å². The fourth-order valence-electron chi connectivity index (χ4n) is 3.17. The molecule has 2 aliphatic heterocycles. The van der Waals surface area contributed by atoms with Gasteiger partial charge in [0.05, 0.1) is 11.9 Å². The van der Waals surface area contributed by atoms with Crippen LogP contribution in [-0.4, -0.2) is 48.3 Å². The van der Waals surface area contributed by atoms with Gasteiger partial charge in [-0.3, -0.25) is 4.98 Å². The van der Waals surface area contributed by atoms with Gasteiger partial charge in [0.15, 0.2) is 5.84 Å². The quantitative estimate of drug-likeness (QED) is 0.813. The second kappa shape index (κ2) is 6.11. The van der Waals surface area contributed by atoms with Crippen LogP contribution < -0.4 is 4.74 Å². The molecule has 0 atom stereocenters. The van der Waals surface area contributed by atoms with E-state index in [0.29, 0.717) is 35.3 Å². The Hall–Kier alpha value is -2.48. The highest BCUT2D eigenvalue weighted by Crippen LogP contribution is 2.29. The van der Waals surface area contributed by atoms with E-state index in [0.717, 1.165) is 18.5 Å². The Morgan fingerprint density at radius 1 is 1.16 bits per heavy atom. The number of aryl methyl sites for hydroxylation is 1. The Morgan fingerprint density at radius 3 is 2.68 bits per heavy atom. The van der Waals surface area contributed by atoms with Crippen LogP contribution in [0.25, 0.3) is 0 Å². The van der Waals surface area contributed by atoms with Crippen LogP contribution in [0.5, 0.6) is 5.88 Å². The van der Waals surface area contributed by atoms with E-state index in [-0.39, 0.29) is 6.10 Å². The Balaban J connectivity index is 1.46. The zero-order chi connectivity index (χ0) is 17.4. The third-order valence-electron chi connectivity index (χ3n) is 4.37. The van der Waals surface area contributed by atoms with Crippen molar-refractivity contribution in [1.29, 1.82) is 0 Å². The maximum atomic E-state index is 12.2. The molecule has 1 fully saturated rings. The number of likely N-dealkylation sites (tertiary alicyclic amines) is 1. The normalized spacial score (nSPS) is 19.4. The van der Waals surface area contributed by atoms with Gasteiger partial charge in [0.1, 0.15) is 11.0 Å². The van der Waals surface area contributed by atoms with E-state index in [1.165, 1.54) is 0 Å². The average Bonchev–Trinajstić information content (AvgIpc) is 2.88. The molecule has 1 aromatic carbocycles. The molecule has 3 heterocycles. The lowest BCUT2D eigenvalue weighted by Crippen LogP contribution is -2.41. The lowest BCUT2D eigenvalue weighted by molar-refractivity contribution is 0.125. The Labute approximate surface area is 146 Å². The predicted molar refractivity (Wildman–Crippen MR) is 92.2 cm³/mol. The number of hydrogen-bond acceptors (Lipinski definition) is 6. The molecule has 2 aliphatic rings. The zero-order valence-electron chi connectivity index (χ0n) is 13.8. The van der Waals surface area contributed by atoms with Crippen molar-refractivity contribution in [2.45, 2.75) is 30.8 Å². The first-order chi connectivity index (χ1) is 12.0. The zero-order valence-corrected chi connectivity index (χ0v) is 14.6. The number of ether oxygens (including phenoxy) is 1. The molecule has 0 aliphatic carbocycles. The first-order valence-electron chi connectivity index (χ1n) is 8.17. The van der Waals surface area contributed by atoms with E-state index in [9.17, 15) is 8.42 Å². The summed E-state index contributed by atoms with van der Waals surface area (Å²) in [5.74, 6) is 1.08. The minimum atomic E-state index is -3.57. The molecule has 8 heteroatoms. The third-order valence-corrected chi connectivity index (χ3v) is 5.70. The van der Waals surface area contributed by atoms with Crippen LogP contribution in [0.4, 0.5) is 0 Å². The van der Waals surface area contributed by atoms with Gasteiger partial charge in [-0.25, -0.2) is 4.98 Å². The summed E-state index contributed by atoms with van der Waals surface area (Å²) in [5.41, 5.74) is 1.50. The molecule has 0 N–H and O–H groups in total. The average molecular weight is 358 g/mol. The Bertz CT molecular complexity index is 934. The first kappa shape index (κ1) is 16.0. The molecular weight excluding hydrogens is 340 g/mol. The van der Waals surface area contributed by atoms with Crippen LogP contribution in [0, 0.1) is 6.92 Å². The van der Waals surface area contributed by atoms with Gasteiger partial charge in [0, 0.05) is 37.7 Å². The molecule has 0 amide bonds. The fourth-order valence-corrected chi connectivity index (χ4v) is 4.40. The molecule has 2 aromatic rings. The van der Waals surface area contributed by atoms with Gasteiger partial charge in [0.2, 0.25) is 5.88 Å². The van der Waals surface area contributed by atoms with E-state index < -0.39 is 10.0 Å². The highest BCUT2D eigenvalue weighted by Gasteiger charge is 2.33. The summed E-state index contributed by atoms with van der Waals surface area (Å²) >= 11 is 0. The van der Waals surface area contributed by atoms with Crippen molar-refractivity contribution >= 4 is 15.9 Å². The van der Waals surface area contributed by atoms with Crippen LogP contribution >= 0.6 is 0 Å². The Kier molecular flexibility index (Phi) is 3.91. The lowest BCUT2D eigenvalue weighted by atomic mass is 10.1. The molecule has 0 unspecified atom stereocenters. The number of amidine groups is 1. The van der Waals surface area contributed by atoms with Gasteiger partial charge in [-0.15, -0.1) is 4.40 Å². The molecule has 0 bridgehead atoms. The van der Waals surface area contributed by atoms with Crippen molar-refractivity contribution in [2.24, 2.45) is 4.40 Å². The number of benzene rings is 1. The number of piperidine rings is 1. The van der Waals surface area contributed by atoms with Gasteiger partial charge >= 0.3 is 0 Å². The number of sulfonamides is 1. The molecule has 130 valence electrons. The summed E-state index contributed by atoms with van der Waals surface area (Å²) in [6.45, 7) is 3.25. The summed E-state index contributed by atoms with van der Waals surface area (Å²) in [6, 6.07) is 6.97. The fraction of sp³-hybridized carbons (Fsp3) is 0.353. The summed E-state index contributed by atoms with van der Waals surface area (Å²) in [4.78, 5) is 10.7. The molecule has 1 saturated heterocycles. The molecule has 0 spiro atoms. The highest BCUT2D eigenvalue weighted by atomic mass is 32.2. The minimum Gasteiger partial charge on any atom is -0.473 e. The molecule has 0 radical (unpaired) electrons. The van der Waals surface area contributed by atoms with Crippen molar-refractivity contribution in [2.75, 3.05) is 13.1 Å². The van der Waals surface area contributed by atoms with Crippen molar-refractivity contribution in [3.8, 4) is 5.88 Å².